The van der Waals surface area contributed by atoms with Gasteiger partial charge in [0.05, 0.1) is 23.7 Å². The van der Waals surface area contributed by atoms with E-state index in [9.17, 15) is 18.0 Å². The Labute approximate surface area is 151 Å². The summed E-state index contributed by atoms with van der Waals surface area (Å²) in [5.74, 6) is -0.717. The van der Waals surface area contributed by atoms with Crippen molar-refractivity contribution in [3.05, 3.63) is 29.8 Å². The van der Waals surface area contributed by atoms with Crippen LogP contribution >= 0.6 is 11.8 Å². The molecular formula is C16H21NO6S2. The number of amides is 1. The van der Waals surface area contributed by atoms with E-state index in [0.717, 1.165) is 0 Å². The molecule has 1 fully saturated rings. The van der Waals surface area contributed by atoms with Gasteiger partial charge in [-0.1, -0.05) is 12.1 Å². The van der Waals surface area contributed by atoms with E-state index in [1.54, 1.807) is 24.3 Å². The minimum absolute atomic E-state index is 0.0729. The Hall–Kier alpha value is -1.58. The second-order valence-electron chi connectivity index (χ2n) is 5.56. The second kappa shape index (κ2) is 9.21. The van der Waals surface area contributed by atoms with Crippen LogP contribution in [0.15, 0.2) is 29.2 Å². The van der Waals surface area contributed by atoms with Gasteiger partial charge in [-0.05, 0) is 18.6 Å². The number of rotatable bonds is 8. The van der Waals surface area contributed by atoms with Gasteiger partial charge in [0.25, 0.3) is 5.91 Å². The summed E-state index contributed by atoms with van der Waals surface area (Å²) in [7, 11) is -1.46. The molecule has 0 aromatic heterocycles. The zero-order valence-electron chi connectivity index (χ0n) is 13.9. The Morgan fingerprint density at radius 3 is 2.76 bits per heavy atom. The summed E-state index contributed by atoms with van der Waals surface area (Å²) in [6.45, 7) is 0.346. The number of hydrogen-bond acceptors (Lipinski definition) is 7. The minimum Gasteiger partial charge on any atom is -0.452 e. The van der Waals surface area contributed by atoms with Crippen molar-refractivity contribution in [2.24, 2.45) is 0 Å². The van der Waals surface area contributed by atoms with Gasteiger partial charge < -0.3 is 14.8 Å². The van der Waals surface area contributed by atoms with Gasteiger partial charge in [-0.25, -0.2) is 13.2 Å². The van der Waals surface area contributed by atoms with Crippen molar-refractivity contribution in [1.29, 1.82) is 0 Å². The van der Waals surface area contributed by atoms with E-state index in [-0.39, 0.29) is 23.4 Å². The van der Waals surface area contributed by atoms with E-state index < -0.39 is 21.7 Å². The molecule has 0 saturated carbocycles. The second-order valence-corrected chi connectivity index (χ2v) is 9.13. The molecule has 1 aliphatic rings. The van der Waals surface area contributed by atoms with E-state index in [1.807, 2.05) is 0 Å². The lowest BCUT2D eigenvalue weighted by Gasteiger charge is -2.12. The van der Waals surface area contributed by atoms with Crippen molar-refractivity contribution in [1.82, 2.24) is 5.32 Å². The van der Waals surface area contributed by atoms with E-state index in [4.69, 9.17) is 9.47 Å². The molecule has 1 saturated heterocycles. The number of carbonyl (C=O) groups is 2. The number of nitrogens with one attached hydrogen (secondary N) is 1. The summed E-state index contributed by atoms with van der Waals surface area (Å²) in [6.07, 6.45) is 0.568. The maximum Gasteiger partial charge on any atom is 0.339 e. The standard InChI is InChI=1S/C16H21NO6S2/c1-22-8-7-17-15(18)10-23-16(19)13-4-2-3-5-14(13)24-12-6-9-25(20,21)11-12/h2-5,12H,6-11H2,1H3,(H,17,18)/t12-/m1/s1. The first-order chi connectivity index (χ1) is 11.9. The highest BCUT2D eigenvalue weighted by atomic mass is 32.2. The fourth-order valence-electron chi connectivity index (χ4n) is 2.32. The highest BCUT2D eigenvalue weighted by Gasteiger charge is 2.29. The monoisotopic (exact) mass is 387 g/mol. The smallest absolute Gasteiger partial charge is 0.339 e. The number of esters is 1. The first kappa shape index (κ1) is 19.7. The Kier molecular flexibility index (Phi) is 7.27. The highest BCUT2D eigenvalue weighted by molar-refractivity contribution is 8.02. The predicted molar refractivity (Wildman–Crippen MR) is 94.5 cm³/mol. The lowest BCUT2D eigenvalue weighted by molar-refractivity contribution is -0.124. The maximum atomic E-state index is 12.2. The predicted octanol–water partition coefficient (Wildman–Crippen LogP) is 0.885. The zero-order chi connectivity index (χ0) is 18.3. The van der Waals surface area contributed by atoms with Gasteiger partial charge in [-0.3, -0.25) is 4.79 Å². The van der Waals surface area contributed by atoms with E-state index in [1.165, 1.54) is 18.9 Å². The average molecular weight is 387 g/mol. The average Bonchev–Trinajstić information content (AvgIpc) is 2.92. The molecule has 1 aliphatic heterocycles. The van der Waals surface area contributed by atoms with Gasteiger partial charge in [-0.2, -0.15) is 0 Å². The SMILES string of the molecule is COCCNC(=O)COC(=O)c1ccccc1S[C@@H]1CCS(=O)(=O)C1. The fraction of sp³-hybridized carbons (Fsp3) is 0.500. The Morgan fingerprint density at radius 1 is 1.32 bits per heavy atom. The third-order valence-corrected chi connectivity index (χ3v) is 6.88. The molecule has 0 aliphatic carbocycles. The van der Waals surface area contributed by atoms with Gasteiger partial charge >= 0.3 is 5.97 Å². The van der Waals surface area contributed by atoms with Gasteiger partial charge in [0.2, 0.25) is 0 Å². The molecule has 1 N–H and O–H groups in total. The molecule has 2 rings (SSSR count). The van der Waals surface area contributed by atoms with Gasteiger partial charge in [0.15, 0.2) is 16.4 Å². The first-order valence-electron chi connectivity index (χ1n) is 7.80. The molecule has 1 aromatic rings. The van der Waals surface area contributed by atoms with Crippen LogP contribution in [0, 0.1) is 0 Å². The van der Waals surface area contributed by atoms with Crippen LogP contribution in [0.2, 0.25) is 0 Å². The first-order valence-corrected chi connectivity index (χ1v) is 10.5. The highest BCUT2D eigenvalue weighted by Crippen LogP contribution is 2.33. The van der Waals surface area contributed by atoms with Crippen LogP contribution in [0.25, 0.3) is 0 Å². The topological polar surface area (TPSA) is 98.8 Å². The molecule has 0 unspecified atom stereocenters. The van der Waals surface area contributed by atoms with Crippen LogP contribution in [0.1, 0.15) is 16.8 Å². The summed E-state index contributed by atoms with van der Waals surface area (Å²) in [5, 5.41) is 2.49. The molecule has 25 heavy (non-hydrogen) atoms. The van der Waals surface area contributed by atoms with Crippen molar-refractivity contribution < 1.29 is 27.5 Å². The molecule has 0 bridgehead atoms. The van der Waals surface area contributed by atoms with E-state index >= 15 is 0 Å². The van der Waals surface area contributed by atoms with Gasteiger partial charge in [-0.15, -0.1) is 11.8 Å². The molecule has 1 amide bonds. The largest absolute Gasteiger partial charge is 0.452 e. The molecule has 0 radical (unpaired) electrons. The molecule has 7 nitrogen and oxygen atoms in total. The summed E-state index contributed by atoms with van der Waals surface area (Å²) >= 11 is 1.36. The van der Waals surface area contributed by atoms with Crippen molar-refractivity contribution >= 4 is 33.5 Å². The zero-order valence-corrected chi connectivity index (χ0v) is 15.5. The maximum absolute atomic E-state index is 12.2. The molecular weight excluding hydrogens is 366 g/mol. The number of hydrogen-bond donors (Lipinski definition) is 1. The number of carbonyl (C=O) groups excluding carboxylic acids is 2. The number of ether oxygens (including phenoxy) is 2. The van der Waals surface area contributed by atoms with Gasteiger partial charge in [0.1, 0.15) is 0 Å². The number of methoxy groups -OCH3 is 1. The number of benzene rings is 1. The molecule has 9 heteroatoms. The Bertz CT molecular complexity index is 719. The molecule has 1 atom stereocenters. The van der Waals surface area contributed by atoms with Crippen molar-refractivity contribution in [2.75, 3.05) is 38.4 Å². The van der Waals surface area contributed by atoms with Crippen molar-refractivity contribution in [3.8, 4) is 0 Å². The summed E-state index contributed by atoms with van der Waals surface area (Å²) in [6, 6.07) is 6.84. The fourth-order valence-corrected chi connectivity index (χ4v) is 5.94. The van der Waals surface area contributed by atoms with Crippen LogP contribution in [0.4, 0.5) is 0 Å². The summed E-state index contributed by atoms with van der Waals surface area (Å²) < 4.78 is 33.0. The van der Waals surface area contributed by atoms with E-state index in [0.29, 0.717) is 30.0 Å². The molecule has 138 valence electrons. The van der Waals surface area contributed by atoms with Crippen LogP contribution in [-0.2, 0) is 24.1 Å². The molecule has 1 aromatic carbocycles. The Balaban J connectivity index is 1.93. The third kappa shape index (κ3) is 6.33. The molecule has 0 spiro atoms. The molecule has 1 heterocycles. The van der Waals surface area contributed by atoms with E-state index in [2.05, 4.69) is 5.32 Å². The number of thioether (sulfide) groups is 1. The van der Waals surface area contributed by atoms with Crippen LogP contribution in [0.3, 0.4) is 0 Å². The summed E-state index contributed by atoms with van der Waals surface area (Å²) in [5.41, 5.74) is 0.335. The van der Waals surface area contributed by atoms with Crippen molar-refractivity contribution in [2.45, 2.75) is 16.6 Å². The van der Waals surface area contributed by atoms with Crippen LogP contribution in [-0.4, -0.2) is 63.9 Å². The number of sulfone groups is 1. The minimum atomic E-state index is -2.98. The Morgan fingerprint density at radius 2 is 2.08 bits per heavy atom. The summed E-state index contributed by atoms with van der Waals surface area (Å²) in [4.78, 5) is 24.5. The van der Waals surface area contributed by atoms with Crippen LogP contribution < -0.4 is 5.32 Å². The van der Waals surface area contributed by atoms with Crippen molar-refractivity contribution in [3.63, 3.8) is 0 Å². The quantitative estimate of drug-likeness (QED) is 0.522. The third-order valence-electron chi connectivity index (χ3n) is 3.55. The van der Waals surface area contributed by atoms with Crippen LogP contribution in [0.5, 0.6) is 0 Å². The normalized spacial score (nSPS) is 18.7. The lowest BCUT2D eigenvalue weighted by Crippen LogP contribution is -2.31. The lowest BCUT2D eigenvalue weighted by atomic mass is 10.2. The van der Waals surface area contributed by atoms with Gasteiger partial charge in [0, 0.05) is 23.8 Å².